The maximum Gasteiger partial charge on any atom is 0.175 e. The molecule has 1 rings (SSSR count). The third-order valence-electron chi connectivity index (χ3n) is 1.01. The number of oxime groups is 1. The van der Waals surface area contributed by atoms with Gasteiger partial charge in [0, 0.05) is 18.0 Å². The number of halogens is 2. The molecule has 0 aliphatic rings. The summed E-state index contributed by atoms with van der Waals surface area (Å²) in [6.45, 7) is 0. The molecule has 3 nitrogen and oxygen atoms in total. The van der Waals surface area contributed by atoms with E-state index in [2.05, 4.69) is 10.1 Å². The molecule has 0 fully saturated rings. The highest BCUT2D eigenvalue weighted by Crippen LogP contribution is 2.01. The second-order valence-electron chi connectivity index (χ2n) is 1.63. The van der Waals surface area contributed by atoms with Crippen molar-refractivity contribution in [2.24, 2.45) is 5.16 Å². The van der Waals surface area contributed by atoms with Gasteiger partial charge in [0.15, 0.2) is 5.17 Å². The van der Waals surface area contributed by atoms with Gasteiger partial charge in [-0.2, -0.15) is 0 Å². The van der Waals surface area contributed by atoms with Crippen molar-refractivity contribution >= 4 is 29.2 Å². The zero-order chi connectivity index (χ0) is 7.40. The van der Waals surface area contributed by atoms with Crippen LogP contribution in [0.15, 0.2) is 29.7 Å². The summed E-state index contributed by atoms with van der Waals surface area (Å²) in [5, 5.41) is 11.1. The standard InChI is InChI=1S/C6H5ClN2O.ClH/c7-6(9-10)5-1-3-8-4-2-5;/h1-4,10H;1H/b9-6-;. The van der Waals surface area contributed by atoms with Crippen molar-refractivity contribution in [3.63, 3.8) is 0 Å². The van der Waals surface area contributed by atoms with E-state index in [4.69, 9.17) is 16.8 Å². The van der Waals surface area contributed by atoms with Gasteiger partial charge in [-0.25, -0.2) is 0 Å². The zero-order valence-corrected chi connectivity index (χ0v) is 7.01. The number of aromatic nitrogens is 1. The van der Waals surface area contributed by atoms with Gasteiger partial charge in [-0.1, -0.05) is 16.8 Å². The first kappa shape index (κ1) is 10.2. The highest BCUT2D eigenvalue weighted by Gasteiger charge is 1.96. The van der Waals surface area contributed by atoms with Crippen LogP contribution in [0, 0.1) is 0 Å². The normalized spacial score (nSPS) is 10.5. The number of nitrogens with zero attached hydrogens (tertiary/aromatic N) is 2. The molecule has 0 saturated heterocycles. The van der Waals surface area contributed by atoms with Gasteiger partial charge in [-0.15, -0.1) is 12.4 Å². The summed E-state index contributed by atoms with van der Waals surface area (Å²) in [5.74, 6) is 0. The van der Waals surface area contributed by atoms with E-state index in [1.165, 1.54) is 0 Å². The Balaban J connectivity index is 0.000001000. The van der Waals surface area contributed by atoms with Crippen LogP contribution in [0.2, 0.25) is 0 Å². The Labute approximate surface area is 75.1 Å². The number of rotatable bonds is 1. The highest BCUT2D eigenvalue weighted by atomic mass is 35.5. The summed E-state index contributed by atoms with van der Waals surface area (Å²) in [4.78, 5) is 3.77. The lowest BCUT2D eigenvalue weighted by atomic mass is 10.3. The van der Waals surface area contributed by atoms with Crippen molar-refractivity contribution in [1.29, 1.82) is 0 Å². The zero-order valence-electron chi connectivity index (χ0n) is 5.44. The number of hydrogen-bond acceptors (Lipinski definition) is 3. The Kier molecular flexibility index (Phi) is 4.57. The third-order valence-corrected chi connectivity index (χ3v) is 1.30. The van der Waals surface area contributed by atoms with Gasteiger partial charge < -0.3 is 5.21 Å². The smallest absolute Gasteiger partial charge is 0.175 e. The lowest BCUT2D eigenvalue weighted by Gasteiger charge is -1.91. The molecule has 60 valence electrons. The fraction of sp³-hybridized carbons (Fsp3) is 0. The van der Waals surface area contributed by atoms with Gasteiger partial charge in [0.25, 0.3) is 0 Å². The molecule has 11 heavy (non-hydrogen) atoms. The lowest BCUT2D eigenvalue weighted by Crippen LogP contribution is -1.89. The minimum atomic E-state index is 0. The fourth-order valence-corrected chi connectivity index (χ4v) is 0.673. The lowest BCUT2D eigenvalue weighted by molar-refractivity contribution is 0.321. The van der Waals surface area contributed by atoms with Crippen LogP contribution < -0.4 is 0 Å². The van der Waals surface area contributed by atoms with E-state index in [9.17, 15) is 0 Å². The summed E-state index contributed by atoms with van der Waals surface area (Å²) in [7, 11) is 0. The summed E-state index contributed by atoms with van der Waals surface area (Å²) in [6, 6.07) is 3.31. The van der Waals surface area contributed by atoms with Crippen LogP contribution in [0.1, 0.15) is 5.56 Å². The largest absolute Gasteiger partial charge is 0.410 e. The third kappa shape index (κ3) is 2.74. The van der Waals surface area contributed by atoms with E-state index in [0.29, 0.717) is 5.56 Å². The van der Waals surface area contributed by atoms with Crippen molar-refractivity contribution in [2.45, 2.75) is 0 Å². The van der Waals surface area contributed by atoms with E-state index in [1.54, 1.807) is 24.5 Å². The summed E-state index contributed by atoms with van der Waals surface area (Å²) in [5.41, 5.74) is 0.652. The van der Waals surface area contributed by atoms with E-state index in [0.717, 1.165) is 0 Å². The molecule has 0 amide bonds. The molecule has 0 aromatic carbocycles. The van der Waals surface area contributed by atoms with Gasteiger partial charge in [-0.3, -0.25) is 4.98 Å². The average molecular weight is 193 g/mol. The molecule has 0 radical (unpaired) electrons. The SMILES string of the molecule is Cl.O/N=C(\Cl)c1ccncc1. The van der Waals surface area contributed by atoms with Crippen LogP contribution in [-0.2, 0) is 0 Å². The topological polar surface area (TPSA) is 45.5 Å². The molecular weight excluding hydrogens is 187 g/mol. The Morgan fingerprint density at radius 2 is 2.00 bits per heavy atom. The number of hydrogen-bond donors (Lipinski definition) is 1. The molecule has 5 heteroatoms. The van der Waals surface area contributed by atoms with Crippen molar-refractivity contribution in [3.8, 4) is 0 Å². The maximum absolute atomic E-state index is 8.22. The maximum atomic E-state index is 8.22. The quantitative estimate of drug-likeness (QED) is 0.420. The van der Waals surface area contributed by atoms with Gasteiger partial charge in [-0.05, 0) is 12.1 Å². The van der Waals surface area contributed by atoms with Crippen LogP contribution in [0.5, 0.6) is 0 Å². The Morgan fingerprint density at radius 1 is 1.45 bits per heavy atom. The highest BCUT2D eigenvalue weighted by molar-refractivity contribution is 6.69. The molecule has 0 unspecified atom stereocenters. The molecule has 0 atom stereocenters. The molecule has 1 aromatic heterocycles. The summed E-state index contributed by atoms with van der Waals surface area (Å²) in [6.07, 6.45) is 3.14. The monoisotopic (exact) mass is 192 g/mol. The molecule has 0 bridgehead atoms. The van der Waals surface area contributed by atoms with E-state index in [1.807, 2.05) is 0 Å². The molecular formula is C6H6Cl2N2O. The van der Waals surface area contributed by atoms with E-state index >= 15 is 0 Å². The van der Waals surface area contributed by atoms with Crippen LogP contribution in [0.25, 0.3) is 0 Å². The van der Waals surface area contributed by atoms with Gasteiger partial charge >= 0.3 is 0 Å². The van der Waals surface area contributed by atoms with Crippen LogP contribution in [0.3, 0.4) is 0 Å². The van der Waals surface area contributed by atoms with Crippen LogP contribution >= 0.6 is 24.0 Å². The van der Waals surface area contributed by atoms with Gasteiger partial charge in [0.2, 0.25) is 0 Å². The van der Waals surface area contributed by atoms with Crippen molar-refractivity contribution in [2.75, 3.05) is 0 Å². The molecule has 0 aliphatic carbocycles. The summed E-state index contributed by atoms with van der Waals surface area (Å²) >= 11 is 5.46. The van der Waals surface area contributed by atoms with Crippen molar-refractivity contribution < 1.29 is 5.21 Å². The second-order valence-corrected chi connectivity index (χ2v) is 1.98. The molecule has 1 aromatic rings. The first-order chi connectivity index (χ1) is 4.84. The molecule has 0 aliphatic heterocycles. The van der Waals surface area contributed by atoms with Gasteiger partial charge in [0.1, 0.15) is 0 Å². The van der Waals surface area contributed by atoms with E-state index in [-0.39, 0.29) is 17.6 Å². The van der Waals surface area contributed by atoms with E-state index < -0.39 is 0 Å². The number of pyridine rings is 1. The Morgan fingerprint density at radius 3 is 2.45 bits per heavy atom. The van der Waals surface area contributed by atoms with Crippen LogP contribution in [0.4, 0.5) is 0 Å². The summed E-state index contributed by atoms with van der Waals surface area (Å²) < 4.78 is 0. The fourth-order valence-electron chi connectivity index (χ4n) is 0.547. The minimum absolute atomic E-state index is 0. The first-order valence-electron chi connectivity index (χ1n) is 2.62. The molecule has 0 spiro atoms. The second kappa shape index (κ2) is 4.93. The van der Waals surface area contributed by atoms with Crippen molar-refractivity contribution in [1.82, 2.24) is 4.98 Å². The molecule has 0 saturated carbocycles. The minimum Gasteiger partial charge on any atom is -0.410 e. The predicted molar refractivity (Wildman–Crippen MR) is 45.7 cm³/mol. The Hall–Kier alpha value is -0.800. The van der Waals surface area contributed by atoms with Crippen molar-refractivity contribution in [3.05, 3.63) is 30.1 Å². The molecule has 1 heterocycles. The first-order valence-corrected chi connectivity index (χ1v) is 3.00. The van der Waals surface area contributed by atoms with Crippen LogP contribution in [-0.4, -0.2) is 15.4 Å². The average Bonchev–Trinajstić information content (AvgIpc) is 2.05. The molecule has 1 N–H and O–H groups in total. The Bertz CT molecular complexity index is 238. The predicted octanol–water partition coefficient (Wildman–Crippen LogP) is 1.88. The van der Waals surface area contributed by atoms with Gasteiger partial charge in [0.05, 0.1) is 0 Å².